The summed E-state index contributed by atoms with van der Waals surface area (Å²) in [6.45, 7) is 4.29. The van der Waals surface area contributed by atoms with Crippen LogP contribution in [-0.2, 0) is 9.47 Å². The smallest absolute Gasteiger partial charge is 0.223 e. The van der Waals surface area contributed by atoms with Crippen LogP contribution in [0.2, 0.25) is 0 Å². The van der Waals surface area contributed by atoms with E-state index in [2.05, 4.69) is 15.3 Å². The van der Waals surface area contributed by atoms with Gasteiger partial charge in [0.1, 0.15) is 0 Å². The molecular formula is C14H20FN3O2. The average molecular weight is 281 g/mol. The van der Waals surface area contributed by atoms with Gasteiger partial charge in [0.05, 0.1) is 18.5 Å². The largest absolute Gasteiger partial charge is 0.381 e. The van der Waals surface area contributed by atoms with Crippen LogP contribution in [-0.4, -0.2) is 41.9 Å². The Balaban J connectivity index is 1.71. The van der Waals surface area contributed by atoms with Crippen molar-refractivity contribution in [1.82, 2.24) is 9.97 Å². The zero-order chi connectivity index (χ0) is 14.0. The number of aromatic nitrogens is 2. The van der Waals surface area contributed by atoms with Gasteiger partial charge in [0.2, 0.25) is 5.95 Å². The molecule has 6 heteroatoms. The van der Waals surface area contributed by atoms with Crippen LogP contribution < -0.4 is 5.32 Å². The summed E-state index contributed by atoms with van der Waals surface area (Å²) in [6.07, 6.45) is 5.55. The van der Waals surface area contributed by atoms with Crippen LogP contribution in [0, 0.1) is 11.2 Å². The molecule has 1 aliphatic heterocycles. The van der Waals surface area contributed by atoms with Gasteiger partial charge in [-0.3, -0.25) is 0 Å². The molecular weight excluding hydrogens is 261 g/mol. The van der Waals surface area contributed by atoms with Crippen LogP contribution in [0.3, 0.4) is 0 Å². The Labute approximate surface area is 117 Å². The predicted molar refractivity (Wildman–Crippen MR) is 71.9 cm³/mol. The van der Waals surface area contributed by atoms with Gasteiger partial charge < -0.3 is 14.8 Å². The van der Waals surface area contributed by atoms with E-state index in [0.29, 0.717) is 5.95 Å². The van der Waals surface area contributed by atoms with Crippen molar-refractivity contribution in [2.75, 3.05) is 25.1 Å². The van der Waals surface area contributed by atoms with Crippen molar-refractivity contribution in [3.8, 4) is 0 Å². The predicted octanol–water partition coefficient (Wildman–Crippen LogP) is 2.00. The molecule has 1 aromatic rings. The maximum absolute atomic E-state index is 12.8. The Kier molecular flexibility index (Phi) is 3.85. The van der Waals surface area contributed by atoms with Gasteiger partial charge in [-0.1, -0.05) is 0 Å². The highest BCUT2D eigenvalue weighted by atomic mass is 19.1. The summed E-state index contributed by atoms with van der Waals surface area (Å²) in [4.78, 5) is 7.96. The molecule has 1 aromatic heterocycles. The molecule has 1 saturated heterocycles. The van der Waals surface area contributed by atoms with E-state index in [-0.39, 0.29) is 17.6 Å². The van der Waals surface area contributed by atoms with E-state index in [1.54, 1.807) is 0 Å². The van der Waals surface area contributed by atoms with Gasteiger partial charge >= 0.3 is 0 Å². The summed E-state index contributed by atoms with van der Waals surface area (Å²) >= 11 is 0. The molecule has 0 unspecified atom stereocenters. The Bertz CT molecular complexity index is 448. The fourth-order valence-electron chi connectivity index (χ4n) is 3.35. The van der Waals surface area contributed by atoms with Gasteiger partial charge in [0, 0.05) is 31.3 Å². The molecule has 2 atom stereocenters. The second-order valence-corrected chi connectivity index (χ2v) is 5.45. The molecule has 0 amide bonds. The average Bonchev–Trinajstić information content (AvgIpc) is 2.49. The highest BCUT2D eigenvalue weighted by Crippen LogP contribution is 2.51. The number of nitrogens with one attached hydrogen (secondary N) is 1. The first kappa shape index (κ1) is 13.7. The fourth-order valence-corrected chi connectivity index (χ4v) is 3.35. The first-order chi connectivity index (χ1) is 9.74. The Morgan fingerprint density at radius 1 is 1.40 bits per heavy atom. The van der Waals surface area contributed by atoms with Crippen molar-refractivity contribution in [1.29, 1.82) is 0 Å². The van der Waals surface area contributed by atoms with Crippen LogP contribution in [0.4, 0.5) is 10.3 Å². The maximum atomic E-state index is 12.8. The Morgan fingerprint density at radius 2 is 2.10 bits per heavy atom. The minimum Gasteiger partial charge on any atom is -0.381 e. The number of hydrogen-bond donors (Lipinski definition) is 1. The number of ether oxygens (including phenoxy) is 2. The van der Waals surface area contributed by atoms with E-state index >= 15 is 0 Å². The van der Waals surface area contributed by atoms with Crippen molar-refractivity contribution in [3.63, 3.8) is 0 Å². The molecule has 0 bridgehead atoms. The SMILES string of the molecule is CCO[C@@H]1C[C@@H](Nc2ncc(F)cn2)C12CCOCC2. The molecule has 0 aromatic carbocycles. The highest BCUT2D eigenvalue weighted by molar-refractivity contribution is 5.30. The van der Waals surface area contributed by atoms with Crippen molar-refractivity contribution in [2.45, 2.75) is 38.3 Å². The lowest BCUT2D eigenvalue weighted by molar-refractivity contribution is -0.159. The number of anilines is 1. The summed E-state index contributed by atoms with van der Waals surface area (Å²) in [5.41, 5.74) is 0.103. The maximum Gasteiger partial charge on any atom is 0.223 e. The van der Waals surface area contributed by atoms with Crippen LogP contribution in [0.25, 0.3) is 0 Å². The fraction of sp³-hybridized carbons (Fsp3) is 0.714. The third-order valence-electron chi connectivity index (χ3n) is 4.50. The molecule has 2 aliphatic rings. The molecule has 5 nitrogen and oxygen atoms in total. The molecule has 0 radical (unpaired) electrons. The normalized spacial score (nSPS) is 28.1. The third-order valence-corrected chi connectivity index (χ3v) is 4.50. The molecule has 1 N–H and O–H groups in total. The molecule has 20 heavy (non-hydrogen) atoms. The number of halogens is 1. The van der Waals surface area contributed by atoms with Crippen LogP contribution in [0.5, 0.6) is 0 Å². The lowest BCUT2D eigenvalue weighted by Crippen LogP contribution is -2.63. The lowest BCUT2D eigenvalue weighted by atomic mass is 9.57. The Hall–Kier alpha value is -1.27. The van der Waals surface area contributed by atoms with Gasteiger partial charge in [-0.2, -0.15) is 0 Å². The Morgan fingerprint density at radius 3 is 2.75 bits per heavy atom. The van der Waals surface area contributed by atoms with E-state index < -0.39 is 5.82 Å². The lowest BCUT2D eigenvalue weighted by Gasteiger charge is -2.57. The van der Waals surface area contributed by atoms with Gasteiger partial charge in [-0.15, -0.1) is 0 Å². The minimum atomic E-state index is -0.419. The van der Waals surface area contributed by atoms with E-state index in [1.165, 1.54) is 12.4 Å². The molecule has 1 aliphatic carbocycles. The van der Waals surface area contributed by atoms with Crippen LogP contribution >= 0.6 is 0 Å². The molecule has 1 saturated carbocycles. The summed E-state index contributed by atoms with van der Waals surface area (Å²) < 4.78 is 24.2. The van der Waals surface area contributed by atoms with Crippen LogP contribution in [0.15, 0.2) is 12.4 Å². The number of rotatable bonds is 4. The molecule has 1 spiro atoms. The number of nitrogens with zero attached hydrogens (tertiary/aromatic N) is 2. The van der Waals surface area contributed by atoms with Crippen molar-refractivity contribution in [3.05, 3.63) is 18.2 Å². The van der Waals surface area contributed by atoms with Gasteiger partial charge in [-0.25, -0.2) is 14.4 Å². The molecule has 110 valence electrons. The topological polar surface area (TPSA) is 56.3 Å². The second kappa shape index (κ2) is 5.61. The van der Waals surface area contributed by atoms with E-state index in [1.807, 2.05) is 6.92 Å². The third kappa shape index (κ3) is 2.38. The monoisotopic (exact) mass is 281 g/mol. The zero-order valence-electron chi connectivity index (χ0n) is 11.6. The summed E-state index contributed by atoms with van der Waals surface area (Å²) in [5, 5.41) is 3.33. The molecule has 2 heterocycles. The van der Waals surface area contributed by atoms with Crippen molar-refractivity contribution < 1.29 is 13.9 Å². The van der Waals surface area contributed by atoms with Crippen molar-refractivity contribution in [2.24, 2.45) is 5.41 Å². The first-order valence-corrected chi connectivity index (χ1v) is 7.18. The van der Waals surface area contributed by atoms with Gasteiger partial charge in [-0.05, 0) is 26.2 Å². The standard InChI is InChI=1S/C14H20FN3O2/c1-2-20-12-7-11(14(12)3-5-19-6-4-14)18-13-16-8-10(15)9-17-13/h8-9,11-12H,2-7H2,1H3,(H,16,17,18)/t11-,12-/m1/s1. The number of hydrogen-bond acceptors (Lipinski definition) is 5. The summed E-state index contributed by atoms with van der Waals surface area (Å²) in [6, 6.07) is 0.272. The summed E-state index contributed by atoms with van der Waals surface area (Å²) in [5.74, 6) is 0.0642. The minimum absolute atomic E-state index is 0.103. The van der Waals surface area contributed by atoms with E-state index in [9.17, 15) is 4.39 Å². The first-order valence-electron chi connectivity index (χ1n) is 7.18. The van der Waals surface area contributed by atoms with Gasteiger partial charge in [0.25, 0.3) is 0 Å². The molecule has 2 fully saturated rings. The summed E-state index contributed by atoms with van der Waals surface area (Å²) in [7, 11) is 0. The quantitative estimate of drug-likeness (QED) is 0.915. The van der Waals surface area contributed by atoms with E-state index in [4.69, 9.17) is 9.47 Å². The zero-order valence-corrected chi connectivity index (χ0v) is 11.6. The second-order valence-electron chi connectivity index (χ2n) is 5.45. The van der Waals surface area contributed by atoms with Gasteiger partial charge in [0.15, 0.2) is 5.82 Å². The highest BCUT2D eigenvalue weighted by Gasteiger charge is 2.56. The molecule has 3 rings (SSSR count). The van der Waals surface area contributed by atoms with Crippen molar-refractivity contribution >= 4 is 5.95 Å². The van der Waals surface area contributed by atoms with E-state index in [0.717, 1.165) is 39.1 Å². The van der Waals surface area contributed by atoms with Crippen LogP contribution in [0.1, 0.15) is 26.2 Å².